The van der Waals surface area contributed by atoms with Gasteiger partial charge in [0.05, 0.1) is 26.7 Å². The van der Waals surface area contributed by atoms with Crippen molar-refractivity contribution in [2.75, 3.05) is 26.7 Å². The molecule has 0 aliphatic rings. The Labute approximate surface area is 64.9 Å². The first-order chi connectivity index (χ1) is 4.68. The van der Waals surface area contributed by atoms with E-state index in [-0.39, 0.29) is 0 Å². The lowest BCUT2D eigenvalue weighted by Gasteiger charge is -2.30. The van der Waals surface area contributed by atoms with Crippen LogP contribution in [0.5, 0.6) is 0 Å². The molecule has 0 heterocycles. The van der Waals surface area contributed by atoms with Crippen LogP contribution in [0.4, 0.5) is 0 Å². The maximum Gasteiger partial charge on any atom is 0.0971 e. The fourth-order valence-electron chi connectivity index (χ4n) is 0.842. The molecule has 0 saturated heterocycles. The van der Waals surface area contributed by atoms with E-state index in [1.165, 1.54) is 19.6 Å². The van der Waals surface area contributed by atoms with Crippen molar-refractivity contribution in [2.45, 2.75) is 20.8 Å². The molecule has 0 amide bonds. The van der Waals surface area contributed by atoms with Crippen LogP contribution in [0, 0.1) is 0 Å². The van der Waals surface area contributed by atoms with Crippen LogP contribution >= 0.6 is 0 Å². The summed E-state index contributed by atoms with van der Waals surface area (Å²) in [6.07, 6.45) is 4.37. The van der Waals surface area contributed by atoms with Gasteiger partial charge in [0.25, 0.3) is 0 Å². The molecule has 0 aromatic heterocycles. The molecule has 0 aliphatic heterocycles. The van der Waals surface area contributed by atoms with Gasteiger partial charge in [0, 0.05) is 0 Å². The molecule has 0 aromatic carbocycles. The maximum absolute atomic E-state index is 2.29. The summed E-state index contributed by atoms with van der Waals surface area (Å²) in [5, 5.41) is 0. The fourth-order valence-corrected chi connectivity index (χ4v) is 0.842. The van der Waals surface area contributed by atoms with Crippen LogP contribution < -0.4 is 0 Å². The van der Waals surface area contributed by atoms with Gasteiger partial charge < -0.3 is 4.48 Å². The van der Waals surface area contributed by atoms with E-state index in [9.17, 15) is 0 Å². The van der Waals surface area contributed by atoms with E-state index < -0.39 is 0 Å². The van der Waals surface area contributed by atoms with Crippen molar-refractivity contribution in [3.05, 3.63) is 12.2 Å². The number of quaternary nitrogens is 1. The molecule has 0 aromatic rings. The maximum atomic E-state index is 2.29. The van der Waals surface area contributed by atoms with Crippen molar-refractivity contribution in [3.8, 4) is 0 Å². The van der Waals surface area contributed by atoms with Gasteiger partial charge in [-0.25, -0.2) is 0 Å². The SMILES string of the molecule is CC=CC[N+](C)(CC)CC. The second kappa shape index (κ2) is 4.51. The number of allylic oxidation sites excluding steroid dienone is 1. The molecule has 1 heteroatoms. The van der Waals surface area contributed by atoms with E-state index in [4.69, 9.17) is 0 Å². The predicted molar refractivity (Wildman–Crippen MR) is 46.9 cm³/mol. The number of rotatable bonds is 4. The molecule has 10 heavy (non-hydrogen) atoms. The Morgan fingerprint density at radius 1 is 1.20 bits per heavy atom. The van der Waals surface area contributed by atoms with Gasteiger partial charge in [-0.1, -0.05) is 6.08 Å². The number of likely N-dealkylation sites (N-methyl/N-ethyl adjacent to an activating group) is 1. The topological polar surface area (TPSA) is 0 Å². The lowest BCUT2D eigenvalue weighted by atomic mass is 10.3. The minimum absolute atomic E-state index is 1.16. The fraction of sp³-hybridized carbons (Fsp3) is 0.778. The highest BCUT2D eigenvalue weighted by Crippen LogP contribution is 2.00. The smallest absolute Gasteiger partial charge is 0.0971 e. The molecule has 0 radical (unpaired) electrons. The summed E-state index contributed by atoms with van der Waals surface area (Å²) in [5.41, 5.74) is 0. The van der Waals surface area contributed by atoms with Gasteiger partial charge in [-0.05, 0) is 26.8 Å². The highest BCUT2D eigenvalue weighted by Gasteiger charge is 2.12. The van der Waals surface area contributed by atoms with E-state index in [0.717, 1.165) is 4.48 Å². The molecular formula is C9H20N+. The third-order valence-electron chi connectivity index (χ3n) is 2.31. The summed E-state index contributed by atoms with van der Waals surface area (Å²) >= 11 is 0. The summed E-state index contributed by atoms with van der Waals surface area (Å²) in [4.78, 5) is 0. The molecule has 0 rings (SSSR count). The van der Waals surface area contributed by atoms with E-state index in [1.807, 2.05) is 0 Å². The molecule has 0 spiro atoms. The van der Waals surface area contributed by atoms with Crippen LogP contribution in [0.1, 0.15) is 20.8 Å². The Kier molecular flexibility index (Phi) is 4.37. The Hall–Kier alpha value is -0.300. The predicted octanol–water partition coefficient (Wildman–Crippen LogP) is 2.05. The Balaban J connectivity index is 3.80. The van der Waals surface area contributed by atoms with Crippen molar-refractivity contribution in [2.24, 2.45) is 0 Å². The average Bonchev–Trinajstić information content (AvgIpc) is 2.00. The van der Waals surface area contributed by atoms with E-state index >= 15 is 0 Å². The van der Waals surface area contributed by atoms with Gasteiger partial charge in [0.2, 0.25) is 0 Å². The van der Waals surface area contributed by atoms with E-state index in [2.05, 4.69) is 40.0 Å². The van der Waals surface area contributed by atoms with Crippen molar-refractivity contribution < 1.29 is 4.48 Å². The van der Waals surface area contributed by atoms with Crippen LogP contribution in [-0.4, -0.2) is 31.2 Å². The minimum atomic E-state index is 1.16. The number of nitrogens with zero attached hydrogens (tertiary/aromatic N) is 1. The van der Waals surface area contributed by atoms with Crippen LogP contribution in [0.15, 0.2) is 12.2 Å². The van der Waals surface area contributed by atoms with Gasteiger partial charge in [0.1, 0.15) is 0 Å². The first-order valence-electron chi connectivity index (χ1n) is 4.13. The van der Waals surface area contributed by atoms with Gasteiger partial charge in [-0.2, -0.15) is 0 Å². The van der Waals surface area contributed by atoms with E-state index in [0.29, 0.717) is 0 Å². The lowest BCUT2D eigenvalue weighted by molar-refractivity contribution is -0.900. The summed E-state index contributed by atoms with van der Waals surface area (Å²) in [6.45, 7) is 10.2. The molecular weight excluding hydrogens is 122 g/mol. The molecule has 0 atom stereocenters. The minimum Gasteiger partial charge on any atom is -0.323 e. The van der Waals surface area contributed by atoms with Gasteiger partial charge >= 0.3 is 0 Å². The largest absolute Gasteiger partial charge is 0.323 e. The second-order valence-electron chi connectivity index (χ2n) is 3.00. The number of hydrogen-bond acceptors (Lipinski definition) is 0. The Bertz CT molecular complexity index is 101. The zero-order chi connectivity index (χ0) is 8.04. The van der Waals surface area contributed by atoms with Crippen molar-refractivity contribution in [1.29, 1.82) is 0 Å². The molecule has 1 nitrogen and oxygen atoms in total. The van der Waals surface area contributed by atoms with Crippen molar-refractivity contribution in [1.82, 2.24) is 0 Å². The molecule has 0 saturated carbocycles. The van der Waals surface area contributed by atoms with Gasteiger partial charge in [0.15, 0.2) is 0 Å². The summed E-state index contributed by atoms with van der Waals surface area (Å²) in [5.74, 6) is 0. The third-order valence-corrected chi connectivity index (χ3v) is 2.31. The summed E-state index contributed by atoms with van der Waals surface area (Å²) in [7, 11) is 2.29. The van der Waals surface area contributed by atoms with E-state index in [1.54, 1.807) is 0 Å². The molecule has 0 fully saturated rings. The van der Waals surface area contributed by atoms with Crippen molar-refractivity contribution >= 4 is 0 Å². The molecule has 0 aliphatic carbocycles. The monoisotopic (exact) mass is 142 g/mol. The first-order valence-corrected chi connectivity index (χ1v) is 4.13. The molecule has 0 bridgehead atoms. The summed E-state index contributed by atoms with van der Waals surface area (Å²) < 4.78 is 1.16. The van der Waals surface area contributed by atoms with Crippen molar-refractivity contribution in [3.63, 3.8) is 0 Å². The van der Waals surface area contributed by atoms with Crippen LogP contribution in [0.25, 0.3) is 0 Å². The third kappa shape index (κ3) is 3.02. The summed E-state index contributed by atoms with van der Waals surface area (Å²) in [6, 6.07) is 0. The van der Waals surface area contributed by atoms with Crippen LogP contribution in [0.2, 0.25) is 0 Å². The lowest BCUT2D eigenvalue weighted by Crippen LogP contribution is -2.43. The molecule has 0 unspecified atom stereocenters. The zero-order valence-corrected chi connectivity index (χ0v) is 7.72. The molecule has 0 N–H and O–H groups in total. The van der Waals surface area contributed by atoms with Gasteiger partial charge in [-0.3, -0.25) is 0 Å². The molecule has 60 valence electrons. The van der Waals surface area contributed by atoms with Crippen LogP contribution in [0.3, 0.4) is 0 Å². The highest BCUT2D eigenvalue weighted by molar-refractivity contribution is 4.76. The standard InChI is InChI=1S/C9H20N/c1-5-8-9-10(4,6-2)7-3/h5,8H,6-7,9H2,1-4H3/q+1. The normalized spacial score (nSPS) is 12.8. The Morgan fingerprint density at radius 3 is 2.00 bits per heavy atom. The first kappa shape index (κ1) is 9.70. The quantitative estimate of drug-likeness (QED) is 0.416. The van der Waals surface area contributed by atoms with Crippen LogP contribution in [-0.2, 0) is 0 Å². The highest BCUT2D eigenvalue weighted by atomic mass is 15.3. The zero-order valence-electron chi connectivity index (χ0n) is 7.72. The van der Waals surface area contributed by atoms with Gasteiger partial charge in [-0.15, -0.1) is 0 Å². The number of hydrogen-bond donors (Lipinski definition) is 0. The Morgan fingerprint density at radius 2 is 1.70 bits per heavy atom. The average molecular weight is 142 g/mol. The second-order valence-corrected chi connectivity index (χ2v) is 3.00.